The average Bonchev–Trinajstić information content (AvgIpc) is 2.23. The van der Waals surface area contributed by atoms with Gasteiger partial charge in [0, 0.05) is 0 Å². The van der Waals surface area contributed by atoms with Crippen LogP contribution in [0.5, 0.6) is 0 Å². The number of hydrogen-bond donors (Lipinski definition) is 0. The summed E-state index contributed by atoms with van der Waals surface area (Å²) in [7, 11) is 0.875. The van der Waals surface area contributed by atoms with Gasteiger partial charge in [0.15, 0.2) is 0 Å². The van der Waals surface area contributed by atoms with Crippen molar-refractivity contribution in [3.05, 3.63) is 28.8 Å². The largest absolute Gasteiger partial charge is 1.00 e. The van der Waals surface area contributed by atoms with Gasteiger partial charge < -0.3 is 6.30 Å². The molecule has 0 saturated heterocycles. The van der Waals surface area contributed by atoms with Gasteiger partial charge in [-0.1, -0.05) is 74.4 Å². The molecule has 112 valence electrons. The van der Waals surface area contributed by atoms with Gasteiger partial charge in [0.25, 0.3) is 0 Å². The predicted octanol–water partition coefficient (Wildman–Crippen LogP) is 2.46. The first kappa shape index (κ1) is 21.0. The van der Waals surface area contributed by atoms with Crippen LogP contribution in [-0.4, -0.2) is 6.30 Å². The Labute approximate surface area is 146 Å². The van der Waals surface area contributed by atoms with Crippen molar-refractivity contribution in [2.45, 2.75) is 78.6 Å². The van der Waals surface area contributed by atoms with Gasteiger partial charge in [-0.2, -0.15) is 0 Å². The Morgan fingerprint density at radius 1 is 0.714 bits per heavy atom. The molecular weight excluding hydrogens is 266 g/mol. The first-order valence-electron chi connectivity index (χ1n) is 7.39. The Morgan fingerprint density at radius 2 is 1.05 bits per heavy atom. The summed E-state index contributed by atoms with van der Waals surface area (Å²) in [6, 6.07) is 4.73. The van der Waals surface area contributed by atoms with Crippen molar-refractivity contribution in [3.63, 3.8) is 0 Å². The number of hydrogen-bond acceptors (Lipinski definition) is 0. The predicted molar refractivity (Wildman–Crippen MR) is 95.2 cm³/mol. The molecule has 0 aliphatic carbocycles. The maximum Gasteiger partial charge on any atom is 1.00 e. The zero-order valence-electron chi connectivity index (χ0n) is 15.7. The van der Waals surface area contributed by atoms with E-state index in [-0.39, 0.29) is 35.1 Å². The van der Waals surface area contributed by atoms with Crippen LogP contribution < -0.4 is 24.2 Å². The van der Waals surface area contributed by atoms with E-state index in [1.807, 2.05) is 0 Å². The summed E-state index contributed by atoms with van der Waals surface area (Å²) in [6.07, 6.45) is 6.08. The molecule has 21 heavy (non-hydrogen) atoms. The van der Waals surface area contributed by atoms with Crippen LogP contribution in [0.2, 0.25) is 0 Å². The molecule has 0 heterocycles. The third-order valence-corrected chi connectivity index (χ3v) is 4.46. The van der Waals surface area contributed by atoms with Crippen molar-refractivity contribution in [3.8, 4) is 0 Å². The van der Waals surface area contributed by atoms with E-state index in [0.717, 1.165) is 8.20 Å². The Morgan fingerprint density at radius 3 is 1.24 bits per heavy atom. The van der Waals surface area contributed by atoms with Gasteiger partial charge >= 0.3 is 18.9 Å². The fourth-order valence-electron chi connectivity index (χ4n) is 2.35. The van der Waals surface area contributed by atoms with Crippen LogP contribution in [0.1, 0.15) is 79.0 Å². The SMILES string of the molecule is [CH-]=Pc1c(C(C)(C)C)cc(C(C)(C)C)cc1C(C)(C)C.[Li+]. The average molecular weight is 296 g/mol. The monoisotopic (exact) mass is 296 g/mol. The Balaban J connectivity index is 0.00000400. The van der Waals surface area contributed by atoms with E-state index < -0.39 is 0 Å². The van der Waals surface area contributed by atoms with Crippen LogP contribution in [0.25, 0.3) is 0 Å². The van der Waals surface area contributed by atoms with E-state index in [9.17, 15) is 0 Å². The molecule has 1 rings (SSSR count). The molecule has 0 aliphatic rings. The van der Waals surface area contributed by atoms with Gasteiger partial charge in [-0.3, -0.25) is 8.20 Å². The summed E-state index contributed by atoms with van der Waals surface area (Å²) in [5, 5.41) is 1.30. The molecule has 0 aromatic heterocycles. The summed E-state index contributed by atoms with van der Waals surface area (Å²) < 4.78 is 0. The molecule has 0 atom stereocenters. The van der Waals surface area contributed by atoms with Crippen molar-refractivity contribution in [2.24, 2.45) is 0 Å². The van der Waals surface area contributed by atoms with Crippen molar-refractivity contribution in [1.82, 2.24) is 0 Å². The van der Waals surface area contributed by atoms with Gasteiger partial charge in [0.2, 0.25) is 0 Å². The van der Waals surface area contributed by atoms with Gasteiger partial charge in [0.05, 0.1) is 0 Å². The van der Waals surface area contributed by atoms with Gasteiger partial charge in [-0.25, -0.2) is 0 Å². The molecule has 0 nitrogen and oxygen atoms in total. The van der Waals surface area contributed by atoms with Crippen molar-refractivity contribution >= 4 is 19.8 Å². The zero-order chi connectivity index (χ0) is 15.9. The van der Waals surface area contributed by atoms with E-state index in [0.29, 0.717) is 0 Å². The molecule has 0 unspecified atom stereocenters. The summed E-state index contributed by atoms with van der Waals surface area (Å²) in [6.45, 7) is 20.5. The van der Waals surface area contributed by atoms with E-state index in [4.69, 9.17) is 6.30 Å². The molecule has 0 N–H and O–H groups in total. The first-order chi connectivity index (χ1) is 8.78. The Bertz CT molecular complexity index is 473. The van der Waals surface area contributed by atoms with Crippen LogP contribution in [0.4, 0.5) is 0 Å². The van der Waals surface area contributed by atoms with Gasteiger partial charge in [-0.05, 0) is 38.2 Å². The fourth-order valence-corrected chi connectivity index (χ4v) is 3.43. The Hall–Kier alpha value is -0.0126. The first-order valence-corrected chi connectivity index (χ1v) is 8.35. The molecule has 0 saturated carbocycles. The fraction of sp³-hybridized carbons (Fsp3) is 0.632. The van der Waals surface area contributed by atoms with Crippen molar-refractivity contribution in [2.75, 3.05) is 0 Å². The molecule has 0 spiro atoms. The maximum absolute atomic E-state index is 6.08. The van der Waals surface area contributed by atoms with Crippen molar-refractivity contribution < 1.29 is 18.9 Å². The molecule has 0 amide bonds. The maximum atomic E-state index is 6.08. The van der Waals surface area contributed by atoms with Crippen LogP contribution >= 0.6 is 8.20 Å². The van der Waals surface area contributed by atoms with E-state index in [1.165, 1.54) is 22.0 Å². The standard InChI is InChI=1S/C19H30P.Li/c1-17(2,3)13-11-14(18(4,5)6)16(20-10)15(12-13)19(7,8)9;/h10-12H,1-9H3;/q-1;+1. The zero-order valence-corrected chi connectivity index (χ0v) is 16.6. The Kier molecular flexibility index (Phi) is 6.62. The molecule has 1 aromatic rings. The minimum Gasteiger partial charge on any atom is -0.480 e. The normalized spacial score (nSPS) is 13.2. The van der Waals surface area contributed by atoms with Crippen LogP contribution in [0.3, 0.4) is 0 Å². The smallest absolute Gasteiger partial charge is 0.480 e. The molecular formula is C19H30LiP. The minimum absolute atomic E-state index is 0. The quantitative estimate of drug-likeness (QED) is 0.424. The molecule has 0 radical (unpaired) electrons. The second-order valence-electron chi connectivity index (χ2n) is 8.80. The molecule has 0 bridgehead atoms. The van der Waals surface area contributed by atoms with Crippen LogP contribution in [-0.2, 0) is 16.2 Å². The summed E-state index contributed by atoms with van der Waals surface area (Å²) >= 11 is 0. The summed E-state index contributed by atoms with van der Waals surface area (Å²) in [4.78, 5) is 0. The molecule has 0 aliphatic heterocycles. The molecule has 2 heteroatoms. The molecule has 1 aromatic carbocycles. The van der Waals surface area contributed by atoms with E-state index in [1.54, 1.807) is 0 Å². The molecule has 0 fully saturated rings. The van der Waals surface area contributed by atoms with E-state index in [2.05, 4.69) is 74.4 Å². The van der Waals surface area contributed by atoms with Crippen molar-refractivity contribution in [1.29, 1.82) is 0 Å². The van der Waals surface area contributed by atoms with Gasteiger partial charge in [0.1, 0.15) is 0 Å². The third kappa shape index (κ3) is 4.99. The topological polar surface area (TPSA) is 0 Å². The number of benzene rings is 1. The second-order valence-corrected chi connectivity index (χ2v) is 9.50. The number of rotatable bonds is 1. The third-order valence-electron chi connectivity index (χ3n) is 3.72. The summed E-state index contributed by atoms with van der Waals surface area (Å²) in [5.41, 5.74) is 4.56. The van der Waals surface area contributed by atoms with Crippen LogP contribution in [0, 0.1) is 0 Å². The van der Waals surface area contributed by atoms with Gasteiger partial charge in [-0.15, -0.1) is 0 Å². The second kappa shape index (κ2) is 6.62. The van der Waals surface area contributed by atoms with Crippen LogP contribution in [0.15, 0.2) is 12.1 Å². The van der Waals surface area contributed by atoms with E-state index >= 15 is 0 Å². The minimum atomic E-state index is 0. The summed E-state index contributed by atoms with van der Waals surface area (Å²) in [5.74, 6) is 0.